The summed E-state index contributed by atoms with van der Waals surface area (Å²) in [4.78, 5) is 31.5. The zero-order chi connectivity index (χ0) is 11.6. The van der Waals surface area contributed by atoms with Crippen molar-refractivity contribution in [3.05, 3.63) is 38.4 Å². The lowest BCUT2D eigenvalue weighted by atomic mass is 10.1. The lowest BCUT2D eigenvalue weighted by molar-refractivity contribution is -0.384. The van der Waals surface area contributed by atoms with Gasteiger partial charge in [0.05, 0.1) is 9.95 Å². The maximum absolute atomic E-state index is 11.1. The SMILES string of the molecule is CC(=O)c1cc([N+](=O)[O-])cc(C=O)c1Cl. The Balaban J connectivity index is 3.51. The van der Waals surface area contributed by atoms with Crippen LogP contribution in [0.3, 0.4) is 0 Å². The van der Waals surface area contributed by atoms with Crippen LogP contribution < -0.4 is 0 Å². The summed E-state index contributed by atoms with van der Waals surface area (Å²) in [5.74, 6) is -0.424. The molecule has 0 radical (unpaired) electrons. The fourth-order valence-electron chi connectivity index (χ4n) is 1.08. The first-order chi connectivity index (χ1) is 6.97. The Morgan fingerprint density at radius 2 is 2.13 bits per heavy atom. The highest BCUT2D eigenvalue weighted by Gasteiger charge is 2.17. The van der Waals surface area contributed by atoms with Crippen LogP contribution in [0.15, 0.2) is 12.1 Å². The van der Waals surface area contributed by atoms with Crippen LogP contribution in [-0.2, 0) is 0 Å². The van der Waals surface area contributed by atoms with Crippen molar-refractivity contribution < 1.29 is 14.5 Å². The Morgan fingerprint density at radius 3 is 2.53 bits per heavy atom. The predicted molar refractivity (Wildman–Crippen MR) is 53.5 cm³/mol. The van der Waals surface area contributed by atoms with Crippen LogP contribution in [0.2, 0.25) is 5.02 Å². The number of carbonyl (C=O) groups excluding carboxylic acids is 2. The van der Waals surface area contributed by atoms with E-state index in [9.17, 15) is 19.7 Å². The summed E-state index contributed by atoms with van der Waals surface area (Å²) in [5, 5.41) is 10.4. The Bertz CT molecular complexity index is 456. The van der Waals surface area contributed by atoms with Crippen LogP contribution >= 0.6 is 11.6 Å². The van der Waals surface area contributed by atoms with E-state index in [-0.39, 0.29) is 21.8 Å². The quantitative estimate of drug-likeness (QED) is 0.343. The number of nitrogens with zero attached hydrogens (tertiary/aromatic N) is 1. The van der Waals surface area contributed by atoms with E-state index in [0.29, 0.717) is 6.29 Å². The number of hydrogen-bond donors (Lipinski definition) is 0. The van der Waals surface area contributed by atoms with E-state index in [1.807, 2.05) is 0 Å². The standard InChI is InChI=1S/C9H6ClNO4/c1-5(13)8-3-7(11(14)15)2-6(4-12)9(8)10/h2-4H,1H3. The second kappa shape index (κ2) is 4.18. The molecule has 0 heterocycles. The van der Waals surface area contributed by atoms with Gasteiger partial charge < -0.3 is 0 Å². The van der Waals surface area contributed by atoms with Crippen LogP contribution in [0.4, 0.5) is 5.69 Å². The summed E-state index contributed by atoms with van der Waals surface area (Å²) < 4.78 is 0. The van der Waals surface area contributed by atoms with Gasteiger partial charge in [-0.3, -0.25) is 19.7 Å². The van der Waals surface area contributed by atoms with E-state index in [2.05, 4.69) is 0 Å². The summed E-state index contributed by atoms with van der Waals surface area (Å²) in [7, 11) is 0. The average molecular weight is 228 g/mol. The molecule has 0 amide bonds. The van der Waals surface area contributed by atoms with Crippen LogP contribution in [0.1, 0.15) is 27.6 Å². The number of nitro groups is 1. The van der Waals surface area contributed by atoms with Gasteiger partial charge in [-0.15, -0.1) is 0 Å². The highest BCUT2D eigenvalue weighted by atomic mass is 35.5. The molecule has 0 N–H and O–H groups in total. The van der Waals surface area contributed by atoms with Gasteiger partial charge in [0, 0.05) is 23.3 Å². The number of ketones is 1. The number of rotatable bonds is 3. The van der Waals surface area contributed by atoms with Gasteiger partial charge in [-0.05, 0) is 6.92 Å². The van der Waals surface area contributed by atoms with E-state index >= 15 is 0 Å². The molecular formula is C9H6ClNO4. The summed E-state index contributed by atoms with van der Waals surface area (Å²) in [6, 6.07) is 2.08. The van der Waals surface area contributed by atoms with Gasteiger partial charge in [0.15, 0.2) is 12.1 Å². The van der Waals surface area contributed by atoms with Crippen molar-refractivity contribution in [2.45, 2.75) is 6.92 Å². The minimum absolute atomic E-state index is 0.0204. The first-order valence-electron chi connectivity index (χ1n) is 3.91. The smallest absolute Gasteiger partial charge is 0.270 e. The van der Waals surface area contributed by atoms with Crippen molar-refractivity contribution in [3.63, 3.8) is 0 Å². The van der Waals surface area contributed by atoms with Crippen molar-refractivity contribution in [2.24, 2.45) is 0 Å². The molecule has 0 aliphatic carbocycles. The molecule has 1 aromatic carbocycles. The van der Waals surface area contributed by atoms with E-state index in [0.717, 1.165) is 12.1 Å². The molecule has 6 heteroatoms. The average Bonchev–Trinajstić information content (AvgIpc) is 2.17. The first-order valence-corrected chi connectivity index (χ1v) is 4.29. The van der Waals surface area contributed by atoms with Crippen molar-refractivity contribution in [1.29, 1.82) is 0 Å². The molecule has 0 atom stereocenters. The highest BCUT2D eigenvalue weighted by molar-refractivity contribution is 6.36. The molecule has 15 heavy (non-hydrogen) atoms. The Morgan fingerprint density at radius 1 is 1.53 bits per heavy atom. The van der Waals surface area contributed by atoms with Crippen molar-refractivity contribution >= 4 is 29.4 Å². The van der Waals surface area contributed by atoms with Crippen LogP contribution in [0.5, 0.6) is 0 Å². The van der Waals surface area contributed by atoms with Gasteiger partial charge in [-0.1, -0.05) is 11.6 Å². The minimum Gasteiger partial charge on any atom is -0.298 e. The van der Waals surface area contributed by atoms with Crippen molar-refractivity contribution in [3.8, 4) is 0 Å². The molecule has 0 saturated carbocycles. The van der Waals surface area contributed by atoms with E-state index in [4.69, 9.17) is 11.6 Å². The second-order valence-electron chi connectivity index (χ2n) is 2.83. The summed E-state index contributed by atoms with van der Waals surface area (Å²) in [6.45, 7) is 1.22. The third-order valence-corrected chi connectivity index (χ3v) is 2.22. The molecule has 0 saturated heterocycles. The minimum atomic E-state index is -0.685. The third kappa shape index (κ3) is 2.19. The molecule has 0 unspecified atom stereocenters. The maximum atomic E-state index is 11.1. The normalized spacial score (nSPS) is 9.73. The second-order valence-corrected chi connectivity index (χ2v) is 3.21. The van der Waals surface area contributed by atoms with Crippen molar-refractivity contribution in [1.82, 2.24) is 0 Å². The van der Waals surface area contributed by atoms with Gasteiger partial charge in [-0.25, -0.2) is 0 Å². The topological polar surface area (TPSA) is 77.3 Å². The van der Waals surface area contributed by atoms with Crippen LogP contribution in [-0.4, -0.2) is 17.0 Å². The summed E-state index contributed by atoms with van der Waals surface area (Å²) in [5.41, 5.74) is -0.407. The van der Waals surface area contributed by atoms with Crippen molar-refractivity contribution in [2.75, 3.05) is 0 Å². The number of halogens is 1. The molecular weight excluding hydrogens is 222 g/mol. The molecule has 0 fully saturated rings. The number of benzene rings is 1. The Hall–Kier alpha value is -1.75. The lowest BCUT2D eigenvalue weighted by Gasteiger charge is -2.02. The molecule has 0 spiro atoms. The summed E-state index contributed by atoms with van der Waals surface area (Å²) in [6.07, 6.45) is 0.377. The number of carbonyl (C=O) groups is 2. The first kappa shape index (κ1) is 11.3. The number of aldehydes is 1. The van der Waals surface area contributed by atoms with Crippen LogP contribution in [0, 0.1) is 10.1 Å². The summed E-state index contributed by atoms with van der Waals surface area (Å²) >= 11 is 5.71. The van der Waals surface area contributed by atoms with Gasteiger partial charge in [-0.2, -0.15) is 0 Å². The molecule has 1 aromatic rings. The molecule has 0 aliphatic rings. The largest absolute Gasteiger partial charge is 0.298 e. The van der Waals surface area contributed by atoms with Gasteiger partial charge in [0.25, 0.3) is 5.69 Å². The lowest BCUT2D eigenvalue weighted by Crippen LogP contribution is -2.00. The molecule has 78 valence electrons. The maximum Gasteiger partial charge on any atom is 0.270 e. The molecule has 1 rings (SSSR count). The number of nitro benzene ring substituents is 1. The monoisotopic (exact) mass is 227 g/mol. The van der Waals surface area contributed by atoms with E-state index < -0.39 is 10.7 Å². The molecule has 0 aliphatic heterocycles. The van der Waals surface area contributed by atoms with Gasteiger partial charge >= 0.3 is 0 Å². The number of Topliss-reactive ketones (excluding diaryl/α,β-unsaturated/α-hetero) is 1. The Labute approximate surface area is 89.8 Å². The van der Waals surface area contributed by atoms with Crippen LogP contribution in [0.25, 0.3) is 0 Å². The highest BCUT2D eigenvalue weighted by Crippen LogP contribution is 2.26. The fourth-order valence-corrected chi connectivity index (χ4v) is 1.37. The predicted octanol–water partition coefficient (Wildman–Crippen LogP) is 2.26. The van der Waals surface area contributed by atoms with Gasteiger partial charge in [0.1, 0.15) is 0 Å². The van der Waals surface area contributed by atoms with Gasteiger partial charge in [0.2, 0.25) is 0 Å². The zero-order valence-electron chi connectivity index (χ0n) is 7.69. The molecule has 0 aromatic heterocycles. The zero-order valence-corrected chi connectivity index (χ0v) is 8.45. The fraction of sp³-hybridized carbons (Fsp3) is 0.111. The van der Waals surface area contributed by atoms with E-state index in [1.165, 1.54) is 6.92 Å². The number of non-ortho nitro benzene ring substituents is 1. The van der Waals surface area contributed by atoms with E-state index in [1.54, 1.807) is 0 Å². The Kier molecular flexibility index (Phi) is 3.16. The molecule has 0 bridgehead atoms. The number of hydrogen-bond acceptors (Lipinski definition) is 4. The molecule has 5 nitrogen and oxygen atoms in total. The third-order valence-electron chi connectivity index (χ3n) is 1.80.